The minimum atomic E-state index is -0.249. The molecule has 0 atom stereocenters. The van der Waals surface area contributed by atoms with Crippen molar-refractivity contribution in [2.24, 2.45) is 29.4 Å². The van der Waals surface area contributed by atoms with Crippen molar-refractivity contribution in [1.82, 2.24) is 0 Å². The van der Waals surface area contributed by atoms with E-state index < -0.39 is 0 Å². The maximum atomic E-state index is 11.5. The van der Waals surface area contributed by atoms with Crippen LogP contribution in [0.2, 0.25) is 0 Å². The average molecular weight is 223 g/mol. The maximum absolute atomic E-state index is 11.5. The number of carbonyl (C=O) groups excluding carboxylic acids is 1. The van der Waals surface area contributed by atoms with Crippen molar-refractivity contribution in [3.63, 3.8) is 0 Å². The van der Waals surface area contributed by atoms with Crippen LogP contribution in [0.25, 0.3) is 0 Å². The Labute approximate surface area is 96.7 Å². The molecule has 2 N–H and O–H groups in total. The van der Waals surface area contributed by atoms with Crippen molar-refractivity contribution >= 4 is 5.97 Å². The third kappa shape index (κ3) is 1.41. The monoisotopic (exact) mass is 223 g/mol. The van der Waals surface area contributed by atoms with Crippen LogP contribution in [-0.4, -0.2) is 18.6 Å². The highest BCUT2D eigenvalue weighted by molar-refractivity contribution is 5.71. The summed E-state index contributed by atoms with van der Waals surface area (Å²) < 4.78 is 4.80. The van der Waals surface area contributed by atoms with Crippen LogP contribution in [0.4, 0.5) is 0 Å². The highest BCUT2D eigenvalue weighted by Crippen LogP contribution is 2.58. The van der Waals surface area contributed by atoms with Crippen LogP contribution < -0.4 is 5.73 Å². The summed E-state index contributed by atoms with van der Waals surface area (Å²) in [5, 5.41) is 0. The zero-order chi connectivity index (χ0) is 11.3. The van der Waals surface area contributed by atoms with Gasteiger partial charge in [0.15, 0.2) is 0 Å². The fourth-order valence-electron chi connectivity index (χ4n) is 4.67. The molecule has 0 radical (unpaired) electrons. The topological polar surface area (TPSA) is 52.3 Å². The Kier molecular flexibility index (Phi) is 2.29. The largest absolute Gasteiger partial charge is 0.469 e. The Morgan fingerprint density at radius 3 is 2.12 bits per heavy atom. The Morgan fingerprint density at radius 1 is 1.19 bits per heavy atom. The molecule has 4 aliphatic rings. The zero-order valence-corrected chi connectivity index (χ0v) is 9.95. The summed E-state index contributed by atoms with van der Waals surface area (Å²) in [6, 6.07) is 0. The lowest BCUT2D eigenvalue weighted by Crippen LogP contribution is -2.63. The molecule has 4 aliphatic carbocycles. The van der Waals surface area contributed by atoms with Crippen molar-refractivity contribution < 1.29 is 9.53 Å². The van der Waals surface area contributed by atoms with Gasteiger partial charge in [0, 0.05) is 5.54 Å². The SMILES string of the molecule is COC(=O)CC1(N)C2CC3CC(C2)CC1C3. The van der Waals surface area contributed by atoms with E-state index in [4.69, 9.17) is 10.5 Å². The molecule has 4 fully saturated rings. The first kappa shape index (κ1) is 10.6. The third-order valence-electron chi connectivity index (χ3n) is 5.34. The molecule has 0 saturated heterocycles. The molecule has 0 unspecified atom stereocenters. The minimum absolute atomic E-state index is 0.130. The van der Waals surface area contributed by atoms with Crippen LogP contribution in [0, 0.1) is 23.7 Å². The second-order valence-corrected chi connectivity index (χ2v) is 6.17. The van der Waals surface area contributed by atoms with Crippen molar-refractivity contribution in [1.29, 1.82) is 0 Å². The van der Waals surface area contributed by atoms with Crippen LogP contribution in [0.3, 0.4) is 0 Å². The van der Waals surface area contributed by atoms with E-state index in [1.165, 1.54) is 39.2 Å². The van der Waals surface area contributed by atoms with Crippen LogP contribution in [-0.2, 0) is 9.53 Å². The lowest BCUT2D eigenvalue weighted by molar-refractivity contribution is -0.147. The number of nitrogens with two attached hydrogens (primary N) is 1. The molecule has 0 spiro atoms. The molecule has 90 valence electrons. The molecule has 0 aromatic carbocycles. The average Bonchev–Trinajstić information content (AvgIpc) is 2.25. The predicted molar refractivity (Wildman–Crippen MR) is 60.6 cm³/mol. The Morgan fingerprint density at radius 2 is 1.69 bits per heavy atom. The van der Waals surface area contributed by atoms with E-state index >= 15 is 0 Å². The summed E-state index contributed by atoms with van der Waals surface area (Å²) in [6.07, 6.45) is 6.85. The summed E-state index contributed by atoms with van der Waals surface area (Å²) >= 11 is 0. The molecule has 0 aliphatic heterocycles. The van der Waals surface area contributed by atoms with Gasteiger partial charge in [-0.3, -0.25) is 4.79 Å². The normalized spacial score (nSPS) is 49.4. The molecule has 0 aromatic rings. The lowest BCUT2D eigenvalue weighted by atomic mass is 9.48. The van der Waals surface area contributed by atoms with E-state index in [1.807, 2.05) is 0 Å². The molecule has 4 saturated carbocycles. The van der Waals surface area contributed by atoms with Crippen LogP contribution >= 0.6 is 0 Å². The van der Waals surface area contributed by atoms with Gasteiger partial charge in [-0.2, -0.15) is 0 Å². The van der Waals surface area contributed by atoms with Crippen LogP contribution in [0.1, 0.15) is 38.5 Å². The number of rotatable bonds is 2. The predicted octanol–water partition coefficient (Wildman–Crippen LogP) is 1.70. The number of esters is 1. The van der Waals surface area contributed by atoms with Crippen LogP contribution in [0.15, 0.2) is 0 Å². The maximum Gasteiger partial charge on any atom is 0.307 e. The van der Waals surface area contributed by atoms with Gasteiger partial charge < -0.3 is 10.5 Å². The standard InChI is InChI=1S/C13H21NO2/c1-16-12(15)7-13(14)10-3-8-2-9(5-10)6-11(13)4-8/h8-11H,2-7,14H2,1H3. The van der Waals surface area contributed by atoms with E-state index in [1.54, 1.807) is 0 Å². The van der Waals surface area contributed by atoms with Gasteiger partial charge in [0.25, 0.3) is 0 Å². The van der Waals surface area contributed by atoms with Gasteiger partial charge in [-0.05, 0) is 55.8 Å². The molecular weight excluding hydrogens is 202 g/mol. The van der Waals surface area contributed by atoms with Gasteiger partial charge in [-0.15, -0.1) is 0 Å². The number of carbonyl (C=O) groups is 1. The quantitative estimate of drug-likeness (QED) is 0.725. The highest BCUT2D eigenvalue weighted by Gasteiger charge is 2.55. The smallest absolute Gasteiger partial charge is 0.307 e. The van der Waals surface area contributed by atoms with E-state index in [2.05, 4.69) is 0 Å². The summed E-state index contributed by atoms with van der Waals surface area (Å²) in [7, 11) is 1.46. The molecule has 0 amide bonds. The van der Waals surface area contributed by atoms with E-state index in [0.29, 0.717) is 18.3 Å². The molecule has 0 heterocycles. The summed E-state index contributed by atoms with van der Waals surface area (Å²) in [5.74, 6) is 2.81. The molecular formula is C13H21NO2. The first-order valence-corrected chi connectivity index (χ1v) is 6.47. The number of methoxy groups -OCH3 is 1. The number of hydrogen-bond acceptors (Lipinski definition) is 3. The van der Waals surface area contributed by atoms with Gasteiger partial charge in [0.05, 0.1) is 13.5 Å². The fourth-order valence-corrected chi connectivity index (χ4v) is 4.67. The summed E-state index contributed by atoms with van der Waals surface area (Å²) in [5.41, 5.74) is 6.32. The molecule has 16 heavy (non-hydrogen) atoms. The van der Waals surface area contributed by atoms with Crippen molar-refractivity contribution in [3.05, 3.63) is 0 Å². The second kappa shape index (κ2) is 3.46. The van der Waals surface area contributed by atoms with Gasteiger partial charge in [-0.25, -0.2) is 0 Å². The van der Waals surface area contributed by atoms with E-state index in [-0.39, 0.29) is 11.5 Å². The lowest BCUT2D eigenvalue weighted by Gasteiger charge is -2.59. The molecule has 4 rings (SSSR count). The van der Waals surface area contributed by atoms with Crippen molar-refractivity contribution in [3.8, 4) is 0 Å². The van der Waals surface area contributed by atoms with E-state index in [9.17, 15) is 4.79 Å². The molecule has 4 bridgehead atoms. The second-order valence-electron chi connectivity index (χ2n) is 6.17. The van der Waals surface area contributed by atoms with Gasteiger partial charge in [0.1, 0.15) is 0 Å². The first-order chi connectivity index (χ1) is 7.61. The minimum Gasteiger partial charge on any atom is -0.469 e. The number of ether oxygens (including phenoxy) is 1. The fraction of sp³-hybridized carbons (Fsp3) is 0.923. The van der Waals surface area contributed by atoms with Crippen molar-refractivity contribution in [2.75, 3.05) is 7.11 Å². The Bertz CT molecular complexity index is 285. The summed E-state index contributed by atoms with van der Waals surface area (Å²) in [6.45, 7) is 0. The Balaban J connectivity index is 1.82. The zero-order valence-electron chi connectivity index (χ0n) is 9.95. The molecule has 0 aromatic heterocycles. The van der Waals surface area contributed by atoms with E-state index in [0.717, 1.165) is 11.8 Å². The van der Waals surface area contributed by atoms with Crippen LogP contribution in [0.5, 0.6) is 0 Å². The van der Waals surface area contributed by atoms with Gasteiger partial charge in [-0.1, -0.05) is 0 Å². The third-order valence-corrected chi connectivity index (χ3v) is 5.34. The Hall–Kier alpha value is -0.570. The van der Waals surface area contributed by atoms with Gasteiger partial charge >= 0.3 is 5.97 Å². The highest BCUT2D eigenvalue weighted by atomic mass is 16.5. The number of hydrogen-bond donors (Lipinski definition) is 1. The summed E-state index contributed by atoms with van der Waals surface area (Å²) in [4.78, 5) is 11.5. The molecule has 3 nitrogen and oxygen atoms in total. The van der Waals surface area contributed by atoms with Gasteiger partial charge in [0.2, 0.25) is 0 Å². The van der Waals surface area contributed by atoms with Crippen molar-refractivity contribution in [2.45, 2.75) is 44.1 Å². The first-order valence-electron chi connectivity index (χ1n) is 6.47. The molecule has 3 heteroatoms.